The molecule has 1 aromatic carbocycles. The van der Waals surface area contributed by atoms with Gasteiger partial charge in [0.25, 0.3) is 0 Å². The average molecular weight is 333 g/mol. The average Bonchev–Trinajstić information content (AvgIpc) is 2.91. The van der Waals surface area contributed by atoms with Gasteiger partial charge < -0.3 is 10.5 Å². The van der Waals surface area contributed by atoms with Crippen LogP contribution in [0, 0.1) is 6.92 Å². The Morgan fingerprint density at radius 2 is 2.14 bits per heavy atom. The summed E-state index contributed by atoms with van der Waals surface area (Å²) in [6, 6.07) is 2.06. The van der Waals surface area contributed by atoms with Gasteiger partial charge in [-0.3, -0.25) is 4.79 Å². The van der Waals surface area contributed by atoms with Crippen LogP contribution in [0.25, 0.3) is 0 Å². The monoisotopic (exact) mass is 332 g/mol. The van der Waals surface area contributed by atoms with E-state index in [-0.39, 0.29) is 16.5 Å². The summed E-state index contributed by atoms with van der Waals surface area (Å²) in [6.07, 6.45) is 1.05. The van der Waals surface area contributed by atoms with Crippen LogP contribution in [0.3, 0.4) is 0 Å². The van der Waals surface area contributed by atoms with E-state index in [0.717, 1.165) is 4.31 Å². The number of hydrogen-bond acceptors (Lipinski definition) is 5. The molecule has 1 aliphatic rings. The van der Waals surface area contributed by atoms with Crippen LogP contribution in [-0.2, 0) is 19.6 Å². The molecule has 0 bridgehead atoms. The molecular weight excluding hydrogens is 316 g/mol. The van der Waals surface area contributed by atoms with E-state index in [2.05, 4.69) is 4.74 Å². The van der Waals surface area contributed by atoms with Crippen molar-refractivity contribution in [3.05, 3.63) is 22.7 Å². The predicted octanol–water partition coefficient (Wildman–Crippen LogP) is 1.56. The normalized spacial score (nSPS) is 19.7. The molecule has 0 radical (unpaired) electrons. The zero-order chi connectivity index (χ0) is 15.8. The van der Waals surface area contributed by atoms with Crippen LogP contribution in [0.2, 0.25) is 5.02 Å². The third-order valence-electron chi connectivity index (χ3n) is 3.63. The number of rotatable bonds is 3. The van der Waals surface area contributed by atoms with Crippen LogP contribution in [0.4, 0.5) is 5.69 Å². The highest BCUT2D eigenvalue weighted by Crippen LogP contribution is 2.32. The summed E-state index contributed by atoms with van der Waals surface area (Å²) >= 11 is 5.91. The molecule has 0 spiro atoms. The maximum absolute atomic E-state index is 12.8. The Labute approximate surface area is 128 Å². The molecule has 0 saturated carbocycles. The number of nitrogen functional groups attached to an aromatic ring is 1. The molecule has 0 aliphatic carbocycles. The number of anilines is 1. The number of hydrogen-bond donors (Lipinski definition) is 1. The Bertz CT molecular complexity index is 675. The molecule has 2 N–H and O–H groups in total. The number of nitrogens with zero attached hydrogens (tertiary/aromatic N) is 1. The summed E-state index contributed by atoms with van der Waals surface area (Å²) in [7, 11) is -2.61. The van der Waals surface area contributed by atoms with E-state index in [1.54, 1.807) is 6.92 Å². The lowest BCUT2D eigenvalue weighted by Gasteiger charge is -2.23. The number of benzene rings is 1. The van der Waals surface area contributed by atoms with Gasteiger partial charge in [-0.15, -0.1) is 0 Å². The predicted molar refractivity (Wildman–Crippen MR) is 79.5 cm³/mol. The first-order valence-electron chi connectivity index (χ1n) is 6.44. The standard InChI is InChI=1S/C13H17ClN2O4S/c1-8-10(15)6-9(14)7-12(8)21(18,19)16-5-3-4-11(16)13(17)20-2/h6-7,11H,3-5,15H2,1-2H3. The van der Waals surface area contributed by atoms with Crippen LogP contribution in [-0.4, -0.2) is 38.4 Å². The van der Waals surface area contributed by atoms with E-state index < -0.39 is 22.0 Å². The first-order valence-corrected chi connectivity index (χ1v) is 8.26. The van der Waals surface area contributed by atoms with Gasteiger partial charge >= 0.3 is 5.97 Å². The lowest BCUT2D eigenvalue weighted by Crippen LogP contribution is -2.41. The van der Waals surface area contributed by atoms with Crippen LogP contribution >= 0.6 is 11.6 Å². The first-order chi connectivity index (χ1) is 9.78. The van der Waals surface area contributed by atoms with Gasteiger partial charge in [0.2, 0.25) is 10.0 Å². The summed E-state index contributed by atoms with van der Waals surface area (Å²) in [5.41, 5.74) is 6.51. The van der Waals surface area contributed by atoms with E-state index in [4.69, 9.17) is 17.3 Å². The van der Waals surface area contributed by atoms with Crippen molar-refractivity contribution in [2.75, 3.05) is 19.4 Å². The Balaban J connectivity index is 2.50. The van der Waals surface area contributed by atoms with Crippen molar-refractivity contribution in [2.24, 2.45) is 0 Å². The smallest absolute Gasteiger partial charge is 0.324 e. The largest absolute Gasteiger partial charge is 0.468 e. The molecule has 1 aliphatic heterocycles. The van der Waals surface area contributed by atoms with Crippen molar-refractivity contribution in [3.8, 4) is 0 Å². The lowest BCUT2D eigenvalue weighted by atomic mass is 10.2. The van der Waals surface area contributed by atoms with Crippen molar-refractivity contribution in [3.63, 3.8) is 0 Å². The second kappa shape index (κ2) is 5.82. The zero-order valence-corrected chi connectivity index (χ0v) is 13.4. The minimum absolute atomic E-state index is 0.0308. The molecule has 1 heterocycles. The van der Waals surface area contributed by atoms with Gasteiger partial charge in [0.05, 0.1) is 12.0 Å². The van der Waals surface area contributed by atoms with Crippen molar-refractivity contribution in [1.29, 1.82) is 0 Å². The highest BCUT2D eigenvalue weighted by Gasteiger charge is 2.40. The quantitative estimate of drug-likeness (QED) is 0.670. The van der Waals surface area contributed by atoms with Crippen LogP contribution in [0.1, 0.15) is 18.4 Å². The SMILES string of the molecule is COC(=O)C1CCCN1S(=O)(=O)c1cc(Cl)cc(N)c1C. The molecule has 0 amide bonds. The number of carbonyl (C=O) groups is 1. The van der Waals surface area contributed by atoms with Crippen molar-refractivity contribution in [1.82, 2.24) is 4.31 Å². The van der Waals surface area contributed by atoms with Gasteiger partial charge in [-0.05, 0) is 37.5 Å². The molecule has 1 unspecified atom stereocenters. The van der Waals surface area contributed by atoms with E-state index in [0.29, 0.717) is 24.1 Å². The fourth-order valence-electron chi connectivity index (χ4n) is 2.47. The summed E-state index contributed by atoms with van der Waals surface area (Å²) in [4.78, 5) is 11.8. The number of carbonyl (C=O) groups excluding carboxylic acids is 1. The Morgan fingerprint density at radius 3 is 2.76 bits per heavy atom. The Hall–Kier alpha value is -1.31. The maximum Gasteiger partial charge on any atom is 0.324 e. The number of esters is 1. The minimum atomic E-state index is -3.85. The number of sulfonamides is 1. The zero-order valence-electron chi connectivity index (χ0n) is 11.8. The topological polar surface area (TPSA) is 89.7 Å². The Morgan fingerprint density at radius 1 is 1.48 bits per heavy atom. The fourth-order valence-corrected chi connectivity index (χ4v) is 4.69. The van der Waals surface area contributed by atoms with Gasteiger partial charge in [-0.2, -0.15) is 4.31 Å². The molecule has 8 heteroatoms. The number of ether oxygens (including phenoxy) is 1. The van der Waals surface area contributed by atoms with Crippen molar-refractivity contribution >= 4 is 33.3 Å². The van der Waals surface area contributed by atoms with Gasteiger partial charge in [0.15, 0.2) is 0 Å². The summed E-state index contributed by atoms with van der Waals surface area (Å²) in [6.45, 7) is 1.88. The number of halogens is 1. The van der Waals surface area contributed by atoms with E-state index in [1.807, 2.05) is 0 Å². The fraction of sp³-hybridized carbons (Fsp3) is 0.462. The first kappa shape index (κ1) is 16.1. The number of nitrogens with two attached hydrogens (primary N) is 1. The van der Waals surface area contributed by atoms with E-state index in [1.165, 1.54) is 19.2 Å². The second-order valence-corrected chi connectivity index (χ2v) is 7.21. The molecule has 6 nitrogen and oxygen atoms in total. The molecule has 21 heavy (non-hydrogen) atoms. The molecule has 2 rings (SSSR count). The molecule has 1 atom stereocenters. The van der Waals surface area contributed by atoms with Gasteiger partial charge in [0, 0.05) is 17.3 Å². The highest BCUT2D eigenvalue weighted by molar-refractivity contribution is 7.89. The maximum atomic E-state index is 12.8. The molecule has 116 valence electrons. The van der Waals surface area contributed by atoms with Gasteiger partial charge in [-0.1, -0.05) is 11.6 Å². The van der Waals surface area contributed by atoms with Gasteiger partial charge in [0.1, 0.15) is 6.04 Å². The molecule has 1 fully saturated rings. The third kappa shape index (κ3) is 2.86. The number of methoxy groups -OCH3 is 1. The van der Waals surface area contributed by atoms with Crippen molar-refractivity contribution < 1.29 is 17.9 Å². The molecule has 0 aromatic heterocycles. The summed E-state index contributed by atoms with van der Waals surface area (Å²) in [5.74, 6) is -0.552. The van der Waals surface area contributed by atoms with Crippen LogP contribution in [0.15, 0.2) is 17.0 Å². The van der Waals surface area contributed by atoms with Gasteiger partial charge in [-0.25, -0.2) is 8.42 Å². The Kier molecular flexibility index (Phi) is 4.46. The summed E-state index contributed by atoms with van der Waals surface area (Å²) < 4.78 is 31.4. The minimum Gasteiger partial charge on any atom is -0.468 e. The molecule has 1 saturated heterocycles. The molecular formula is C13H17ClN2O4S. The van der Waals surface area contributed by atoms with Crippen LogP contribution < -0.4 is 5.73 Å². The van der Waals surface area contributed by atoms with Crippen LogP contribution in [0.5, 0.6) is 0 Å². The second-order valence-electron chi connectivity index (χ2n) is 4.92. The summed E-state index contributed by atoms with van der Waals surface area (Å²) in [5, 5.41) is 0.241. The van der Waals surface area contributed by atoms with E-state index >= 15 is 0 Å². The third-order valence-corrected chi connectivity index (χ3v) is 5.88. The van der Waals surface area contributed by atoms with E-state index in [9.17, 15) is 13.2 Å². The lowest BCUT2D eigenvalue weighted by molar-refractivity contribution is -0.144. The molecule has 1 aromatic rings. The highest BCUT2D eigenvalue weighted by atomic mass is 35.5. The van der Waals surface area contributed by atoms with Crippen molar-refractivity contribution in [2.45, 2.75) is 30.7 Å².